The largest absolute Gasteiger partial charge is 0.353 e. The second-order valence-corrected chi connectivity index (χ2v) is 6.17. The molecule has 3 rings (SSSR count). The highest BCUT2D eigenvalue weighted by molar-refractivity contribution is 5.83. The van der Waals surface area contributed by atoms with Gasteiger partial charge in [-0.25, -0.2) is 0 Å². The van der Waals surface area contributed by atoms with E-state index in [0.29, 0.717) is 23.3 Å². The van der Waals surface area contributed by atoms with Crippen LogP contribution in [-0.2, 0) is 4.79 Å². The molecule has 0 aliphatic heterocycles. The van der Waals surface area contributed by atoms with Crippen LogP contribution in [0.1, 0.15) is 46.0 Å². The predicted octanol–water partition coefficient (Wildman–Crippen LogP) is 2.34. The van der Waals surface area contributed by atoms with Crippen LogP contribution < -0.4 is 5.32 Å². The van der Waals surface area contributed by atoms with Crippen molar-refractivity contribution in [3.05, 3.63) is 0 Å². The molecule has 0 aromatic heterocycles. The number of nitrogens with one attached hydrogen (secondary N) is 1. The molecule has 0 heterocycles. The van der Waals surface area contributed by atoms with Crippen molar-refractivity contribution in [3.63, 3.8) is 0 Å². The molecule has 0 aromatic rings. The Morgan fingerprint density at radius 2 is 2.00 bits per heavy atom. The van der Waals surface area contributed by atoms with Crippen LogP contribution in [0.3, 0.4) is 0 Å². The van der Waals surface area contributed by atoms with Crippen molar-refractivity contribution >= 4 is 5.91 Å². The van der Waals surface area contributed by atoms with Crippen LogP contribution in [0.15, 0.2) is 0 Å². The highest BCUT2D eigenvalue weighted by atomic mass is 16.2. The van der Waals surface area contributed by atoms with Crippen LogP contribution in [0, 0.1) is 23.2 Å². The van der Waals surface area contributed by atoms with Gasteiger partial charge in [0.05, 0.1) is 0 Å². The van der Waals surface area contributed by atoms with Crippen LogP contribution in [0.2, 0.25) is 0 Å². The smallest absolute Gasteiger partial charge is 0.223 e. The minimum atomic E-state index is 0.337. The molecule has 3 aliphatic carbocycles. The fourth-order valence-electron chi connectivity index (χ4n) is 3.01. The summed E-state index contributed by atoms with van der Waals surface area (Å²) in [5.74, 6) is 2.32. The van der Waals surface area contributed by atoms with Gasteiger partial charge in [-0.15, -0.1) is 0 Å². The van der Waals surface area contributed by atoms with Crippen molar-refractivity contribution in [3.8, 4) is 0 Å². The van der Waals surface area contributed by atoms with Gasteiger partial charge >= 0.3 is 0 Å². The van der Waals surface area contributed by atoms with Gasteiger partial charge in [-0.05, 0) is 56.3 Å². The third kappa shape index (κ3) is 1.68. The number of hydrogen-bond donors (Lipinski definition) is 1. The molecule has 0 bridgehead atoms. The standard InChI is InChI=1S/C13H21NO/c1-8(9-3-4-9)14-12(15)11-7-13(11,2)10-5-6-10/h8-11H,3-7H2,1-2H3,(H,14,15). The molecule has 2 heteroatoms. The van der Waals surface area contributed by atoms with E-state index in [1.165, 1.54) is 25.7 Å². The normalized spacial score (nSPS) is 41.1. The van der Waals surface area contributed by atoms with Crippen molar-refractivity contribution in [2.24, 2.45) is 23.2 Å². The molecule has 0 aromatic carbocycles. The fourth-order valence-corrected chi connectivity index (χ4v) is 3.01. The molecule has 3 saturated carbocycles. The molecule has 0 spiro atoms. The van der Waals surface area contributed by atoms with Crippen LogP contribution in [-0.4, -0.2) is 11.9 Å². The number of amides is 1. The van der Waals surface area contributed by atoms with E-state index in [9.17, 15) is 4.79 Å². The van der Waals surface area contributed by atoms with Gasteiger partial charge in [0, 0.05) is 12.0 Å². The first-order valence-corrected chi connectivity index (χ1v) is 6.41. The Kier molecular flexibility index (Phi) is 1.93. The third-order valence-corrected chi connectivity index (χ3v) is 4.81. The Bertz CT molecular complexity index is 293. The molecule has 15 heavy (non-hydrogen) atoms. The summed E-state index contributed by atoms with van der Waals surface area (Å²) in [5, 5.41) is 3.20. The average molecular weight is 207 g/mol. The first kappa shape index (κ1) is 9.68. The summed E-state index contributed by atoms with van der Waals surface area (Å²) in [6, 6.07) is 0.418. The van der Waals surface area contributed by atoms with Crippen molar-refractivity contribution in [1.82, 2.24) is 5.32 Å². The Morgan fingerprint density at radius 3 is 2.53 bits per heavy atom. The first-order chi connectivity index (χ1) is 7.11. The van der Waals surface area contributed by atoms with E-state index in [-0.39, 0.29) is 0 Å². The SMILES string of the molecule is CC(NC(=O)C1CC1(C)C1CC1)C1CC1. The second kappa shape index (κ2) is 2.99. The highest BCUT2D eigenvalue weighted by Crippen LogP contribution is 2.65. The van der Waals surface area contributed by atoms with E-state index in [1.807, 2.05) is 0 Å². The average Bonchev–Trinajstić information content (AvgIpc) is 3.01. The zero-order valence-electron chi connectivity index (χ0n) is 9.75. The number of rotatable bonds is 4. The lowest BCUT2D eigenvalue weighted by Crippen LogP contribution is -2.36. The van der Waals surface area contributed by atoms with Gasteiger partial charge < -0.3 is 5.32 Å². The molecule has 84 valence electrons. The lowest BCUT2D eigenvalue weighted by atomic mass is 9.99. The predicted molar refractivity (Wildman–Crippen MR) is 59.3 cm³/mol. The van der Waals surface area contributed by atoms with Gasteiger partial charge in [-0.2, -0.15) is 0 Å². The lowest BCUT2D eigenvalue weighted by molar-refractivity contribution is -0.123. The Morgan fingerprint density at radius 1 is 1.33 bits per heavy atom. The maximum atomic E-state index is 12.0. The quantitative estimate of drug-likeness (QED) is 0.753. The molecule has 3 atom stereocenters. The van der Waals surface area contributed by atoms with Gasteiger partial charge in [-0.1, -0.05) is 6.92 Å². The molecule has 3 unspecified atom stereocenters. The number of carbonyl (C=O) groups is 1. The molecule has 0 radical (unpaired) electrons. The lowest BCUT2D eigenvalue weighted by Gasteiger charge is -2.14. The summed E-state index contributed by atoms with van der Waals surface area (Å²) in [6.07, 6.45) is 6.48. The molecule has 1 amide bonds. The first-order valence-electron chi connectivity index (χ1n) is 6.41. The second-order valence-electron chi connectivity index (χ2n) is 6.17. The van der Waals surface area contributed by atoms with Crippen LogP contribution in [0.4, 0.5) is 0 Å². The molecule has 3 aliphatic rings. The summed E-state index contributed by atoms with van der Waals surface area (Å²) in [5.41, 5.74) is 0.382. The minimum Gasteiger partial charge on any atom is -0.353 e. The maximum Gasteiger partial charge on any atom is 0.223 e. The zero-order chi connectivity index (χ0) is 10.6. The summed E-state index contributed by atoms with van der Waals surface area (Å²) in [4.78, 5) is 12.0. The fraction of sp³-hybridized carbons (Fsp3) is 0.923. The Hall–Kier alpha value is -0.530. The van der Waals surface area contributed by atoms with E-state index in [0.717, 1.165) is 18.3 Å². The van der Waals surface area contributed by atoms with Crippen molar-refractivity contribution in [2.75, 3.05) is 0 Å². The summed E-state index contributed by atoms with van der Waals surface area (Å²) < 4.78 is 0. The minimum absolute atomic E-state index is 0.337. The summed E-state index contributed by atoms with van der Waals surface area (Å²) in [7, 11) is 0. The molecule has 0 saturated heterocycles. The Labute approximate surface area is 91.8 Å². The van der Waals surface area contributed by atoms with E-state index in [1.54, 1.807) is 0 Å². The van der Waals surface area contributed by atoms with Gasteiger partial charge in [-0.3, -0.25) is 4.79 Å². The highest BCUT2D eigenvalue weighted by Gasteiger charge is 2.61. The van der Waals surface area contributed by atoms with Crippen LogP contribution in [0.25, 0.3) is 0 Å². The molecular formula is C13H21NO. The number of carbonyl (C=O) groups excluding carboxylic acids is 1. The van der Waals surface area contributed by atoms with E-state index >= 15 is 0 Å². The van der Waals surface area contributed by atoms with E-state index in [4.69, 9.17) is 0 Å². The maximum absolute atomic E-state index is 12.0. The zero-order valence-corrected chi connectivity index (χ0v) is 9.75. The van der Waals surface area contributed by atoms with Crippen molar-refractivity contribution in [2.45, 2.75) is 52.0 Å². The topological polar surface area (TPSA) is 29.1 Å². The van der Waals surface area contributed by atoms with E-state index < -0.39 is 0 Å². The van der Waals surface area contributed by atoms with Crippen molar-refractivity contribution < 1.29 is 4.79 Å². The van der Waals surface area contributed by atoms with Crippen molar-refractivity contribution in [1.29, 1.82) is 0 Å². The number of hydrogen-bond acceptors (Lipinski definition) is 1. The Balaban J connectivity index is 1.52. The van der Waals surface area contributed by atoms with E-state index in [2.05, 4.69) is 19.2 Å². The van der Waals surface area contributed by atoms with Gasteiger partial charge in [0.1, 0.15) is 0 Å². The third-order valence-electron chi connectivity index (χ3n) is 4.81. The van der Waals surface area contributed by atoms with Gasteiger partial charge in [0.2, 0.25) is 5.91 Å². The van der Waals surface area contributed by atoms with Crippen LogP contribution >= 0.6 is 0 Å². The summed E-state index contributed by atoms with van der Waals surface area (Å²) in [6.45, 7) is 4.46. The monoisotopic (exact) mass is 207 g/mol. The molecule has 2 nitrogen and oxygen atoms in total. The summed E-state index contributed by atoms with van der Waals surface area (Å²) >= 11 is 0. The molecule has 1 N–H and O–H groups in total. The van der Waals surface area contributed by atoms with Gasteiger partial charge in [0.15, 0.2) is 0 Å². The molecule has 3 fully saturated rings. The van der Waals surface area contributed by atoms with Gasteiger partial charge in [0.25, 0.3) is 0 Å². The molecular weight excluding hydrogens is 186 g/mol. The van der Waals surface area contributed by atoms with Crippen LogP contribution in [0.5, 0.6) is 0 Å².